The van der Waals surface area contributed by atoms with Crippen LogP contribution in [0, 0.1) is 58.9 Å². The Morgan fingerprint density at radius 2 is 0.909 bits per heavy atom. The molecule has 3 unspecified atom stereocenters. The normalized spacial score (nSPS) is 21.3. The van der Waals surface area contributed by atoms with Gasteiger partial charge in [0.25, 0.3) is 6.47 Å². The van der Waals surface area contributed by atoms with Gasteiger partial charge in [-0.3, -0.25) is 49.2 Å². The molecule has 0 spiro atoms. The Labute approximate surface area is 807 Å². The number of benzene rings is 3. The summed E-state index contributed by atoms with van der Waals surface area (Å²) >= 11 is 5.88. The van der Waals surface area contributed by atoms with E-state index in [0.717, 1.165) is 79.7 Å². The van der Waals surface area contributed by atoms with Crippen molar-refractivity contribution in [2.24, 2.45) is 52.9 Å². The van der Waals surface area contributed by atoms with Gasteiger partial charge < -0.3 is 62.4 Å². The fourth-order valence-electron chi connectivity index (χ4n) is 16.5. The van der Waals surface area contributed by atoms with Gasteiger partial charge in [-0.05, 0) is 293 Å². The van der Waals surface area contributed by atoms with Crippen molar-refractivity contribution >= 4 is 106 Å². The van der Waals surface area contributed by atoms with Gasteiger partial charge in [0.2, 0.25) is 17.7 Å². The number of likely N-dealkylation sites (tertiary alicyclic amines) is 3. The van der Waals surface area contributed by atoms with Crippen LogP contribution in [0.15, 0.2) is 147 Å². The van der Waals surface area contributed by atoms with Gasteiger partial charge in [0.05, 0.1) is 60.5 Å². The first-order valence-electron chi connectivity index (χ1n) is 44.6. The molecule has 11 N–H and O–H groups in total. The molecule has 7 amide bonds. The van der Waals surface area contributed by atoms with Crippen molar-refractivity contribution in [2.45, 2.75) is 249 Å². The van der Waals surface area contributed by atoms with Crippen molar-refractivity contribution in [1.82, 2.24) is 44.7 Å². The van der Waals surface area contributed by atoms with Gasteiger partial charge in [0.1, 0.15) is 52.6 Å². The second kappa shape index (κ2) is 47.8. The molecular weight excluding hydrogens is 1770 g/mol. The maximum absolute atomic E-state index is 15.3. The molecule has 712 valence electrons. The molecule has 14 rings (SSSR count). The molecule has 3 saturated carbocycles. The molecule has 12 atom stereocenters. The van der Waals surface area contributed by atoms with Crippen LogP contribution in [-0.4, -0.2) is 159 Å². The van der Waals surface area contributed by atoms with Gasteiger partial charge in [-0.15, -0.1) is 12.4 Å². The Morgan fingerprint density at radius 1 is 0.530 bits per heavy atom. The first-order chi connectivity index (χ1) is 61.4. The van der Waals surface area contributed by atoms with Crippen LogP contribution < -0.4 is 77.6 Å². The standard InChI is InChI=1S/C32H45FN4O4S.C29H32ClFN6O2.C23H29FN4O.C11H19NO4.CH2O3.ClH.Na/c1-21-18-27(37(20-21)29(39)41-30(2,3)4)28(38)35-26-19-24(10-11-25(26)33)32(15-12-22-8-9-22,23-13-16-34-17-14-23)36-42(40)31(5,6)7;1-18-14-25(37(17-18)28(39)36-26-7-5-22(30)16-34-26)27(38)35-24-15-21(4-6-23(24)31)29(32,11-8-19-2-3-19)20-9-12-33-13-10-20;1-15-12-21(27-14-15)22(29)28-20-13-18(4-5-19(20)24)23(25,9-6-16-2-3-16)17-7-10-26-11-8-17;1-7-5-8(9(13)14)12(6-7)10(15)16-11(2,3)4;2-1-4-3;;/h10-11,13-14,16-17,19,21-22,27,36H,8-9,12,15,18,20H2,1-7H3,(H,35,38);4-7,9-10,12-13,15-16,18-19,25H,2-3,8,11,14,17,32H2,1H3,(H,35,38)(H,34,36,39);4-5,7-8,10-11,13,15-16,21,27H,2-3,6,9,12,14,25H2,1H3,(H,28,29);7-8H,5-6H2,1-4H3,(H,13,14);1,3H;1H;/q;;;;;;+1/p-1/t21-,27+,32?,42+;18-,25+,29?;15-,21+,23?;7-,8+;;;/m0000.../s1. The number of aliphatic carboxylic acids is 1. The summed E-state index contributed by atoms with van der Waals surface area (Å²) in [6.45, 7) is 26.1. The molecular formula is C96H127Cl2F3N15NaO14S. The van der Waals surface area contributed by atoms with Crippen molar-refractivity contribution in [3.63, 3.8) is 0 Å². The minimum atomic E-state index is -1.46. The van der Waals surface area contributed by atoms with Crippen molar-refractivity contribution < 1.29 is 110 Å². The summed E-state index contributed by atoms with van der Waals surface area (Å²) in [5.41, 5.74) is 15.2. The number of carboxylic acids is 1. The maximum atomic E-state index is 15.3. The third-order valence-electron chi connectivity index (χ3n) is 24.1. The van der Waals surface area contributed by atoms with E-state index in [2.05, 4.69) is 63.1 Å². The first-order valence-corrected chi connectivity index (χ1v) is 46.1. The van der Waals surface area contributed by atoms with Crippen LogP contribution >= 0.6 is 24.0 Å². The minimum Gasteiger partial charge on any atom is -0.662 e. The second-order valence-corrected chi connectivity index (χ2v) is 41.1. The summed E-state index contributed by atoms with van der Waals surface area (Å²) in [5, 5.41) is 32.0. The fraction of sp³-hybridized carbons (Fsp3) is 0.521. The number of carbonyl (C=O) groups is 8. The van der Waals surface area contributed by atoms with Gasteiger partial charge in [-0.25, -0.2) is 46.3 Å². The summed E-state index contributed by atoms with van der Waals surface area (Å²) in [7, 11) is -1.46. The number of carboxylic acid groups (broad SMARTS) is 1. The minimum absolute atomic E-state index is 0. The molecule has 29 nitrogen and oxygen atoms in total. The predicted molar refractivity (Wildman–Crippen MR) is 497 cm³/mol. The molecule has 3 aromatic carbocycles. The van der Waals surface area contributed by atoms with Crippen LogP contribution in [0.25, 0.3) is 0 Å². The summed E-state index contributed by atoms with van der Waals surface area (Å²) < 4.78 is 72.1. The Hall–Kier alpha value is -9.26. The van der Waals surface area contributed by atoms with Gasteiger partial charge in [0, 0.05) is 63.0 Å². The molecule has 4 aromatic heterocycles. The van der Waals surface area contributed by atoms with Gasteiger partial charge >= 0.3 is 53.7 Å². The number of amides is 7. The van der Waals surface area contributed by atoms with Crippen LogP contribution in [0.5, 0.6) is 0 Å². The number of anilines is 4. The van der Waals surface area contributed by atoms with Crippen LogP contribution in [0.2, 0.25) is 5.02 Å². The number of carbonyl (C=O) groups excluding carboxylic acids is 7. The number of nitrogens with zero attached hydrogens (tertiary/aromatic N) is 7. The van der Waals surface area contributed by atoms with E-state index in [-0.39, 0.29) is 95.2 Å². The van der Waals surface area contributed by atoms with Gasteiger partial charge in [-0.2, -0.15) is 0 Å². The van der Waals surface area contributed by atoms with Crippen LogP contribution in [0.1, 0.15) is 226 Å². The zero-order valence-corrected chi connectivity index (χ0v) is 82.2. The van der Waals surface area contributed by atoms with Crippen LogP contribution in [0.3, 0.4) is 0 Å². The number of hydrogen-bond acceptors (Lipinski definition) is 20. The number of pyridine rings is 4. The molecule has 0 radical (unpaired) electrons. The molecule has 4 saturated heterocycles. The van der Waals surface area contributed by atoms with Crippen LogP contribution in [0.4, 0.5) is 50.4 Å². The number of hydrogen-bond donors (Lipinski definition) is 9. The third-order valence-corrected chi connectivity index (χ3v) is 26.0. The number of rotatable bonds is 26. The molecule has 0 bridgehead atoms. The van der Waals surface area contributed by atoms with E-state index >= 15 is 8.78 Å². The molecule has 4 aliphatic heterocycles. The zero-order valence-electron chi connectivity index (χ0n) is 77.8. The smallest absolute Gasteiger partial charge is 0.662 e. The number of halogens is 5. The molecule has 7 aliphatic rings. The van der Waals surface area contributed by atoms with E-state index < -0.39 is 115 Å². The molecule has 36 heteroatoms. The average molecular weight is 1900 g/mol. The third kappa shape index (κ3) is 30.6. The molecule has 3 aliphatic carbocycles. The molecule has 132 heavy (non-hydrogen) atoms. The van der Waals surface area contributed by atoms with E-state index in [1.807, 2.05) is 77.9 Å². The molecule has 7 fully saturated rings. The summed E-state index contributed by atoms with van der Waals surface area (Å²) in [5.74, 6) is -0.577. The number of nitrogens with one attached hydrogen (secondary N) is 6. The SMILES string of the molecule is C[C@@H]1CN[C@@H](C(=O)Nc2cc(C(N)(CCC3CC3)c3ccncc3)ccc2F)C1.C[C@H]1C[C@H](C(=O)Nc2cc(C(CCC3CC3)(N[S@](=O)C(C)(C)C)c3ccncc3)ccc2F)N(C(=O)OC(C)(C)C)C1.C[C@H]1C[C@H](C(=O)Nc2cc(C(N)(CCC3CC3)c3ccncc3)ccc2F)N(C(=O)Nc2ccc(Cl)cn2)C1.C[C@H]1C[C@H](C(=O)O)N(C(=O)OC(C)(C)C)C1.Cl.O=CO[O-].[Na+]. The van der Waals surface area contributed by atoms with E-state index in [1.54, 1.807) is 127 Å². The Balaban J connectivity index is 0.000000222. The van der Waals surface area contributed by atoms with E-state index in [4.69, 9.17) is 47.7 Å². The van der Waals surface area contributed by atoms with Crippen LogP contribution in [-0.2, 0) is 65.9 Å². The maximum Gasteiger partial charge on any atom is 1.00 e. The van der Waals surface area contributed by atoms with Gasteiger partial charge in [0.15, 0.2) is 0 Å². The van der Waals surface area contributed by atoms with E-state index in [1.165, 1.54) is 64.8 Å². The number of ether oxygens (including phenoxy) is 2. The second-order valence-electron chi connectivity index (χ2n) is 38.6. The summed E-state index contributed by atoms with van der Waals surface area (Å²) in [4.78, 5) is 120. The van der Waals surface area contributed by atoms with Crippen molar-refractivity contribution in [1.29, 1.82) is 0 Å². The number of nitrogens with two attached hydrogens (primary N) is 2. The monoisotopic (exact) mass is 1900 g/mol. The fourth-order valence-corrected chi connectivity index (χ4v) is 17.6. The molecule has 8 heterocycles. The Bertz CT molecular complexity index is 5070. The quantitative estimate of drug-likeness (QED) is 0.0105. The van der Waals surface area contributed by atoms with Crippen molar-refractivity contribution in [3.8, 4) is 0 Å². The summed E-state index contributed by atoms with van der Waals surface area (Å²) in [6.07, 6.45) is 24.9. The summed E-state index contributed by atoms with van der Waals surface area (Å²) in [6, 6.07) is 25.6. The number of urea groups is 1. The van der Waals surface area contributed by atoms with E-state index in [9.17, 15) is 42.2 Å². The molecule has 7 aromatic rings. The zero-order chi connectivity index (χ0) is 94.8. The largest absolute Gasteiger partial charge is 1.00 e. The van der Waals surface area contributed by atoms with E-state index in [0.29, 0.717) is 91.5 Å². The van der Waals surface area contributed by atoms with Gasteiger partial charge in [-0.1, -0.05) is 96.0 Å². The Kier molecular flexibility index (Phi) is 39.1. The Morgan fingerprint density at radius 3 is 1.29 bits per heavy atom. The first kappa shape index (κ1) is 108. The van der Waals surface area contributed by atoms with Crippen molar-refractivity contribution in [2.75, 3.05) is 47.4 Å². The average Bonchev–Trinajstić information content (AvgIpc) is 1.80. The van der Waals surface area contributed by atoms with Crippen molar-refractivity contribution in [3.05, 3.63) is 202 Å². The predicted octanol–water partition coefficient (Wildman–Crippen LogP) is 13.0. The topological polar surface area (TPSA) is 410 Å². The number of aromatic nitrogens is 4.